The Morgan fingerprint density at radius 2 is 1.88 bits per heavy atom. The lowest BCUT2D eigenvalue weighted by Crippen LogP contribution is -1.86. The molecule has 0 aliphatic heterocycles. The Balaban J connectivity index is 2.53. The molecule has 0 amide bonds. The van der Waals surface area contributed by atoms with E-state index in [2.05, 4.69) is 50.9 Å². The monoisotopic (exact) mass is 231 g/mol. The van der Waals surface area contributed by atoms with Crippen LogP contribution >= 0.6 is 11.3 Å². The fourth-order valence-corrected chi connectivity index (χ4v) is 2.82. The second kappa shape index (κ2) is 4.38. The van der Waals surface area contributed by atoms with E-state index in [-0.39, 0.29) is 0 Å². The summed E-state index contributed by atoms with van der Waals surface area (Å²) in [5, 5.41) is 1.16. The van der Waals surface area contributed by atoms with E-state index >= 15 is 0 Å². The topological polar surface area (TPSA) is 12.9 Å². The van der Waals surface area contributed by atoms with Gasteiger partial charge in [-0.25, -0.2) is 4.98 Å². The number of hydrogen-bond donors (Lipinski definition) is 0. The largest absolute Gasteiger partial charge is 0.246 e. The Bertz CT molecular complexity index is 511. The summed E-state index contributed by atoms with van der Waals surface area (Å²) < 4.78 is 0. The summed E-state index contributed by atoms with van der Waals surface area (Å²) in [6.07, 6.45) is 1.01. The van der Waals surface area contributed by atoms with Gasteiger partial charge in [-0.1, -0.05) is 25.1 Å². The Labute approximate surface area is 101 Å². The number of hydrogen-bond acceptors (Lipinski definition) is 2. The van der Waals surface area contributed by atoms with Crippen LogP contribution in [0.25, 0.3) is 10.4 Å². The number of aromatic nitrogens is 1. The van der Waals surface area contributed by atoms with Crippen molar-refractivity contribution < 1.29 is 0 Å². The molecule has 0 atom stereocenters. The van der Waals surface area contributed by atoms with E-state index in [0.717, 1.165) is 11.4 Å². The van der Waals surface area contributed by atoms with Crippen LogP contribution in [0.15, 0.2) is 18.2 Å². The molecule has 1 aromatic heterocycles. The van der Waals surface area contributed by atoms with Crippen LogP contribution in [0.4, 0.5) is 0 Å². The minimum atomic E-state index is 1.01. The number of rotatable bonds is 2. The summed E-state index contributed by atoms with van der Waals surface area (Å²) in [5.74, 6) is 0. The van der Waals surface area contributed by atoms with Gasteiger partial charge in [0.1, 0.15) is 0 Å². The lowest BCUT2D eigenvalue weighted by atomic mass is 10.0. The molecule has 0 N–H and O–H groups in total. The first-order valence-corrected chi connectivity index (χ1v) is 6.47. The molecule has 0 aliphatic rings. The first-order valence-electron chi connectivity index (χ1n) is 5.65. The molecule has 84 valence electrons. The zero-order valence-electron chi connectivity index (χ0n) is 10.3. The maximum atomic E-state index is 4.58. The van der Waals surface area contributed by atoms with Crippen LogP contribution in [0.2, 0.25) is 0 Å². The molecule has 2 aromatic rings. The second-order valence-electron chi connectivity index (χ2n) is 4.16. The molecule has 1 nitrogen and oxygen atoms in total. The number of thiazole rings is 1. The predicted molar refractivity (Wildman–Crippen MR) is 71.1 cm³/mol. The fraction of sp³-hybridized carbons (Fsp3) is 0.357. The second-order valence-corrected chi connectivity index (χ2v) is 5.36. The molecule has 1 aromatic carbocycles. The van der Waals surface area contributed by atoms with Gasteiger partial charge >= 0.3 is 0 Å². The maximum Gasteiger partial charge on any atom is 0.0903 e. The smallest absolute Gasteiger partial charge is 0.0903 e. The molecule has 0 bridgehead atoms. The van der Waals surface area contributed by atoms with Crippen LogP contribution in [0.1, 0.15) is 28.8 Å². The van der Waals surface area contributed by atoms with Gasteiger partial charge < -0.3 is 0 Å². The lowest BCUT2D eigenvalue weighted by molar-refractivity contribution is 1.05. The van der Waals surface area contributed by atoms with Crippen molar-refractivity contribution in [3.05, 3.63) is 40.0 Å². The standard InChI is InChI=1S/C14H17NS/c1-5-13-14(16-11(4)15-13)12-7-6-9(2)10(3)8-12/h6-8H,5H2,1-4H3. The highest BCUT2D eigenvalue weighted by Gasteiger charge is 2.09. The number of nitrogens with zero attached hydrogens (tertiary/aromatic N) is 1. The maximum absolute atomic E-state index is 4.58. The normalized spacial score (nSPS) is 10.8. The molecular weight excluding hydrogens is 214 g/mol. The van der Waals surface area contributed by atoms with Crippen molar-refractivity contribution in [3.8, 4) is 10.4 Å². The molecule has 1 heterocycles. The van der Waals surface area contributed by atoms with Gasteiger partial charge in [-0.05, 0) is 43.9 Å². The Morgan fingerprint density at radius 3 is 2.50 bits per heavy atom. The summed E-state index contributed by atoms with van der Waals surface area (Å²) in [6.45, 7) is 8.56. The van der Waals surface area contributed by atoms with Gasteiger partial charge in [0, 0.05) is 0 Å². The van der Waals surface area contributed by atoms with E-state index in [1.165, 1.54) is 27.3 Å². The van der Waals surface area contributed by atoms with E-state index in [0.29, 0.717) is 0 Å². The zero-order chi connectivity index (χ0) is 11.7. The van der Waals surface area contributed by atoms with Gasteiger partial charge in [0.25, 0.3) is 0 Å². The van der Waals surface area contributed by atoms with Crippen molar-refractivity contribution in [1.82, 2.24) is 4.98 Å². The van der Waals surface area contributed by atoms with E-state index in [4.69, 9.17) is 0 Å². The molecule has 0 aliphatic carbocycles. The first-order chi connectivity index (χ1) is 7.61. The lowest BCUT2D eigenvalue weighted by Gasteiger charge is -2.04. The molecule has 0 saturated carbocycles. The number of benzene rings is 1. The van der Waals surface area contributed by atoms with E-state index in [9.17, 15) is 0 Å². The average molecular weight is 231 g/mol. The molecule has 2 heteroatoms. The van der Waals surface area contributed by atoms with Gasteiger partial charge in [-0.3, -0.25) is 0 Å². The number of aryl methyl sites for hydroxylation is 4. The van der Waals surface area contributed by atoms with E-state index in [1.807, 2.05) is 0 Å². The molecule has 16 heavy (non-hydrogen) atoms. The summed E-state index contributed by atoms with van der Waals surface area (Å²) in [7, 11) is 0. The molecular formula is C14H17NS. The van der Waals surface area contributed by atoms with Gasteiger partial charge in [-0.2, -0.15) is 0 Å². The Hall–Kier alpha value is -1.15. The van der Waals surface area contributed by atoms with Crippen LogP contribution in [0.5, 0.6) is 0 Å². The van der Waals surface area contributed by atoms with Gasteiger partial charge in [0.05, 0.1) is 15.6 Å². The van der Waals surface area contributed by atoms with E-state index < -0.39 is 0 Å². The van der Waals surface area contributed by atoms with Crippen LogP contribution in [-0.4, -0.2) is 4.98 Å². The zero-order valence-corrected chi connectivity index (χ0v) is 11.1. The van der Waals surface area contributed by atoms with Gasteiger partial charge in [0.15, 0.2) is 0 Å². The average Bonchev–Trinajstić information content (AvgIpc) is 2.63. The van der Waals surface area contributed by atoms with Crippen molar-refractivity contribution in [1.29, 1.82) is 0 Å². The molecule has 0 saturated heterocycles. The summed E-state index contributed by atoms with van der Waals surface area (Å²) in [5.41, 5.74) is 5.24. The fourth-order valence-electron chi connectivity index (χ4n) is 1.82. The summed E-state index contributed by atoms with van der Waals surface area (Å²) in [4.78, 5) is 5.91. The van der Waals surface area contributed by atoms with Crippen molar-refractivity contribution in [2.75, 3.05) is 0 Å². The molecule has 0 unspecified atom stereocenters. The third kappa shape index (κ3) is 2.03. The molecule has 2 rings (SSSR count). The van der Waals surface area contributed by atoms with Crippen LogP contribution in [-0.2, 0) is 6.42 Å². The Morgan fingerprint density at radius 1 is 1.12 bits per heavy atom. The minimum Gasteiger partial charge on any atom is -0.246 e. The third-order valence-electron chi connectivity index (χ3n) is 2.91. The highest BCUT2D eigenvalue weighted by atomic mass is 32.1. The van der Waals surface area contributed by atoms with Crippen molar-refractivity contribution in [3.63, 3.8) is 0 Å². The van der Waals surface area contributed by atoms with Crippen LogP contribution in [0, 0.1) is 20.8 Å². The highest BCUT2D eigenvalue weighted by Crippen LogP contribution is 2.31. The van der Waals surface area contributed by atoms with Crippen molar-refractivity contribution in [2.45, 2.75) is 34.1 Å². The van der Waals surface area contributed by atoms with Crippen molar-refractivity contribution >= 4 is 11.3 Å². The van der Waals surface area contributed by atoms with Crippen molar-refractivity contribution in [2.24, 2.45) is 0 Å². The first kappa shape index (κ1) is 11.3. The Kier molecular flexibility index (Phi) is 3.10. The quantitative estimate of drug-likeness (QED) is 0.751. The molecule has 0 radical (unpaired) electrons. The van der Waals surface area contributed by atoms with Crippen LogP contribution < -0.4 is 0 Å². The third-order valence-corrected chi connectivity index (χ3v) is 3.97. The van der Waals surface area contributed by atoms with E-state index in [1.54, 1.807) is 11.3 Å². The summed E-state index contributed by atoms with van der Waals surface area (Å²) in [6, 6.07) is 6.66. The minimum absolute atomic E-state index is 1.01. The molecule has 0 spiro atoms. The SMILES string of the molecule is CCc1nc(C)sc1-c1ccc(C)c(C)c1. The predicted octanol–water partition coefficient (Wildman–Crippen LogP) is 4.30. The summed E-state index contributed by atoms with van der Waals surface area (Å²) >= 11 is 1.80. The highest BCUT2D eigenvalue weighted by molar-refractivity contribution is 7.15. The molecule has 0 fully saturated rings. The van der Waals surface area contributed by atoms with Gasteiger partial charge in [0.2, 0.25) is 0 Å². The van der Waals surface area contributed by atoms with Crippen LogP contribution in [0.3, 0.4) is 0 Å². The van der Waals surface area contributed by atoms with Gasteiger partial charge in [-0.15, -0.1) is 11.3 Å².